The SMILES string of the molecule is CC(C)N(Cc1ccccc1)CN1C(=O)C(=O)c2cc(Br)ccc21. The van der Waals surface area contributed by atoms with Gasteiger partial charge >= 0.3 is 5.91 Å². The number of benzene rings is 2. The molecular formula is C19H19BrN2O2. The van der Waals surface area contributed by atoms with Crippen LogP contribution in [0.15, 0.2) is 53.0 Å². The van der Waals surface area contributed by atoms with Crippen molar-refractivity contribution >= 4 is 33.3 Å². The Morgan fingerprint density at radius 1 is 1.08 bits per heavy atom. The summed E-state index contributed by atoms with van der Waals surface area (Å²) in [6, 6.07) is 15.8. The summed E-state index contributed by atoms with van der Waals surface area (Å²) >= 11 is 3.36. The number of hydrogen-bond donors (Lipinski definition) is 0. The summed E-state index contributed by atoms with van der Waals surface area (Å²) in [5, 5.41) is 0. The normalized spacial score (nSPS) is 14.0. The molecule has 0 aliphatic carbocycles. The van der Waals surface area contributed by atoms with Gasteiger partial charge in [-0.2, -0.15) is 0 Å². The van der Waals surface area contributed by atoms with Crippen molar-refractivity contribution in [3.63, 3.8) is 0 Å². The third kappa shape index (κ3) is 3.28. The maximum atomic E-state index is 12.4. The maximum Gasteiger partial charge on any atom is 0.300 e. The predicted octanol–water partition coefficient (Wildman–Crippen LogP) is 3.85. The van der Waals surface area contributed by atoms with Crippen LogP contribution in [0.1, 0.15) is 29.8 Å². The lowest BCUT2D eigenvalue weighted by Gasteiger charge is -2.31. The highest BCUT2D eigenvalue weighted by atomic mass is 79.9. The molecule has 0 atom stereocenters. The summed E-state index contributed by atoms with van der Waals surface area (Å²) in [6.07, 6.45) is 0. The standard InChI is InChI=1S/C19H19BrN2O2/c1-13(2)21(11-14-6-4-3-5-7-14)12-22-17-9-8-15(20)10-16(17)18(23)19(22)24/h3-10,13H,11-12H2,1-2H3. The Bertz CT molecular complexity index is 774. The van der Waals surface area contributed by atoms with Crippen LogP contribution in [0, 0.1) is 0 Å². The summed E-state index contributed by atoms with van der Waals surface area (Å²) in [7, 11) is 0. The molecular weight excluding hydrogens is 368 g/mol. The minimum atomic E-state index is -0.457. The molecule has 0 saturated carbocycles. The molecule has 0 bridgehead atoms. The van der Waals surface area contributed by atoms with Crippen molar-refractivity contribution < 1.29 is 9.59 Å². The molecule has 0 fully saturated rings. The van der Waals surface area contributed by atoms with Gasteiger partial charge in [-0.15, -0.1) is 0 Å². The smallest absolute Gasteiger partial charge is 0.291 e. The number of hydrogen-bond acceptors (Lipinski definition) is 3. The van der Waals surface area contributed by atoms with E-state index >= 15 is 0 Å². The molecule has 24 heavy (non-hydrogen) atoms. The minimum Gasteiger partial charge on any atom is -0.291 e. The molecule has 0 radical (unpaired) electrons. The van der Waals surface area contributed by atoms with E-state index in [0.29, 0.717) is 17.9 Å². The summed E-state index contributed by atoms with van der Waals surface area (Å²) in [6.45, 7) is 5.30. The molecule has 1 aliphatic heterocycles. The van der Waals surface area contributed by atoms with Crippen LogP contribution in [0.25, 0.3) is 0 Å². The van der Waals surface area contributed by atoms with Gasteiger partial charge < -0.3 is 0 Å². The van der Waals surface area contributed by atoms with E-state index in [1.807, 2.05) is 30.3 Å². The summed E-state index contributed by atoms with van der Waals surface area (Å²) in [4.78, 5) is 28.4. The Morgan fingerprint density at radius 3 is 2.46 bits per heavy atom. The van der Waals surface area contributed by atoms with Gasteiger partial charge in [0.1, 0.15) is 0 Å². The number of carbonyl (C=O) groups is 2. The summed E-state index contributed by atoms with van der Waals surface area (Å²) < 4.78 is 0.800. The molecule has 0 spiro atoms. The first kappa shape index (κ1) is 16.9. The zero-order valence-electron chi connectivity index (χ0n) is 13.7. The molecule has 2 aromatic carbocycles. The van der Waals surface area contributed by atoms with E-state index in [1.54, 1.807) is 11.0 Å². The molecule has 124 valence electrons. The second-order valence-electron chi connectivity index (χ2n) is 6.19. The summed E-state index contributed by atoms with van der Waals surface area (Å²) in [5.41, 5.74) is 2.34. The average molecular weight is 387 g/mol. The van der Waals surface area contributed by atoms with Crippen molar-refractivity contribution in [3.8, 4) is 0 Å². The number of nitrogens with zero attached hydrogens (tertiary/aromatic N) is 2. The molecule has 1 amide bonds. The highest BCUT2D eigenvalue weighted by Crippen LogP contribution is 2.31. The number of fused-ring (bicyclic) bond motifs is 1. The average Bonchev–Trinajstić information content (AvgIpc) is 2.79. The largest absolute Gasteiger partial charge is 0.300 e. The number of Topliss-reactive ketones (excluding diaryl/α,β-unsaturated/α-hetero) is 1. The van der Waals surface area contributed by atoms with Gasteiger partial charge in [0.05, 0.1) is 17.9 Å². The molecule has 5 heteroatoms. The van der Waals surface area contributed by atoms with E-state index in [1.165, 1.54) is 5.56 Å². The van der Waals surface area contributed by atoms with Crippen molar-refractivity contribution in [2.45, 2.75) is 26.4 Å². The van der Waals surface area contributed by atoms with Crippen LogP contribution in [0.2, 0.25) is 0 Å². The first-order valence-electron chi connectivity index (χ1n) is 7.91. The van der Waals surface area contributed by atoms with Crippen molar-refractivity contribution in [2.75, 3.05) is 11.6 Å². The number of ketones is 1. The molecule has 0 saturated heterocycles. The van der Waals surface area contributed by atoms with E-state index in [9.17, 15) is 9.59 Å². The van der Waals surface area contributed by atoms with Crippen LogP contribution in [-0.4, -0.2) is 29.3 Å². The lowest BCUT2D eigenvalue weighted by Crippen LogP contribution is -2.43. The Morgan fingerprint density at radius 2 is 1.79 bits per heavy atom. The van der Waals surface area contributed by atoms with Crippen molar-refractivity contribution in [1.29, 1.82) is 0 Å². The highest BCUT2D eigenvalue weighted by Gasteiger charge is 2.36. The highest BCUT2D eigenvalue weighted by molar-refractivity contribution is 9.10. The molecule has 0 N–H and O–H groups in total. The minimum absolute atomic E-state index is 0.243. The van der Waals surface area contributed by atoms with Gasteiger partial charge in [0, 0.05) is 17.1 Å². The fraction of sp³-hybridized carbons (Fsp3) is 0.263. The van der Waals surface area contributed by atoms with Crippen molar-refractivity contribution in [2.24, 2.45) is 0 Å². The predicted molar refractivity (Wildman–Crippen MR) is 97.9 cm³/mol. The van der Waals surface area contributed by atoms with E-state index in [4.69, 9.17) is 0 Å². The second kappa shape index (κ2) is 6.87. The zero-order chi connectivity index (χ0) is 17.3. The Hall–Kier alpha value is -1.98. The van der Waals surface area contributed by atoms with Gasteiger partial charge in [-0.25, -0.2) is 0 Å². The number of halogens is 1. The van der Waals surface area contributed by atoms with Crippen LogP contribution in [0.3, 0.4) is 0 Å². The lowest BCUT2D eigenvalue weighted by molar-refractivity contribution is -0.114. The molecule has 0 unspecified atom stereocenters. The first-order valence-corrected chi connectivity index (χ1v) is 8.70. The van der Waals surface area contributed by atoms with Crippen LogP contribution in [0.5, 0.6) is 0 Å². The zero-order valence-corrected chi connectivity index (χ0v) is 15.3. The molecule has 1 heterocycles. The van der Waals surface area contributed by atoms with Gasteiger partial charge in [0.2, 0.25) is 0 Å². The van der Waals surface area contributed by atoms with Crippen LogP contribution in [0.4, 0.5) is 5.69 Å². The topological polar surface area (TPSA) is 40.6 Å². The Kier molecular flexibility index (Phi) is 4.83. The lowest BCUT2D eigenvalue weighted by atomic mass is 10.1. The monoisotopic (exact) mass is 386 g/mol. The van der Waals surface area contributed by atoms with Gasteiger partial charge in [-0.3, -0.25) is 19.4 Å². The number of amides is 1. The third-order valence-electron chi connectivity index (χ3n) is 4.22. The van der Waals surface area contributed by atoms with Crippen LogP contribution in [-0.2, 0) is 11.3 Å². The van der Waals surface area contributed by atoms with E-state index in [-0.39, 0.29) is 6.04 Å². The third-order valence-corrected chi connectivity index (χ3v) is 4.71. The molecule has 1 aliphatic rings. The van der Waals surface area contributed by atoms with E-state index in [2.05, 4.69) is 46.8 Å². The van der Waals surface area contributed by atoms with Crippen LogP contribution >= 0.6 is 15.9 Å². The summed E-state index contributed by atoms with van der Waals surface area (Å²) in [5.74, 6) is -0.892. The number of rotatable bonds is 5. The van der Waals surface area contributed by atoms with Gasteiger partial charge in [0.25, 0.3) is 5.78 Å². The van der Waals surface area contributed by atoms with Crippen molar-refractivity contribution in [1.82, 2.24) is 4.90 Å². The Balaban J connectivity index is 1.85. The molecule has 3 rings (SSSR count). The second-order valence-corrected chi connectivity index (χ2v) is 7.11. The molecule has 4 nitrogen and oxygen atoms in total. The fourth-order valence-corrected chi connectivity index (χ4v) is 3.17. The quantitative estimate of drug-likeness (QED) is 0.732. The fourth-order valence-electron chi connectivity index (χ4n) is 2.81. The Labute approximate surface area is 150 Å². The first-order chi connectivity index (χ1) is 11.5. The van der Waals surface area contributed by atoms with Crippen LogP contribution < -0.4 is 4.90 Å². The van der Waals surface area contributed by atoms with Gasteiger partial charge in [-0.05, 0) is 37.6 Å². The number of carbonyl (C=O) groups excluding carboxylic acids is 2. The number of anilines is 1. The van der Waals surface area contributed by atoms with Crippen molar-refractivity contribution in [3.05, 3.63) is 64.1 Å². The van der Waals surface area contributed by atoms with Gasteiger partial charge in [-0.1, -0.05) is 46.3 Å². The molecule has 2 aromatic rings. The van der Waals surface area contributed by atoms with E-state index < -0.39 is 11.7 Å². The van der Waals surface area contributed by atoms with E-state index in [0.717, 1.165) is 11.0 Å². The van der Waals surface area contributed by atoms with Gasteiger partial charge in [0.15, 0.2) is 0 Å². The maximum absolute atomic E-state index is 12.4. The molecule has 0 aromatic heterocycles.